The van der Waals surface area contributed by atoms with E-state index < -0.39 is 31.0 Å². The Balaban J connectivity index is 2.26. The van der Waals surface area contributed by atoms with Crippen LogP contribution in [0.3, 0.4) is 0 Å². The van der Waals surface area contributed by atoms with E-state index >= 15 is 0 Å². The zero-order chi connectivity index (χ0) is 16.0. The Morgan fingerprint density at radius 1 is 1.29 bits per heavy atom. The van der Waals surface area contributed by atoms with Gasteiger partial charge in [0.15, 0.2) is 0 Å². The summed E-state index contributed by atoms with van der Waals surface area (Å²) in [6.07, 6.45) is -6.76. The van der Waals surface area contributed by atoms with Crippen molar-refractivity contribution in [3.63, 3.8) is 0 Å². The molecular weight excluding hydrogens is 287 g/mol. The van der Waals surface area contributed by atoms with Crippen LogP contribution in [-0.4, -0.2) is 91.4 Å². The number of hydrogen-bond donors (Lipinski definition) is 1. The first-order valence-corrected chi connectivity index (χ1v) is 7.07. The summed E-state index contributed by atoms with van der Waals surface area (Å²) in [6.45, 7) is 4.03. The molecule has 1 aliphatic rings. The topological polar surface area (TPSA) is 47.0 Å². The molecule has 0 aromatic rings. The fourth-order valence-electron chi connectivity index (χ4n) is 2.24. The molecule has 21 heavy (non-hydrogen) atoms. The van der Waals surface area contributed by atoms with E-state index in [1.54, 1.807) is 0 Å². The molecule has 124 valence electrons. The number of nitrogens with zero attached hydrogens (tertiary/aromatic N) is 3. The normalized spacial score (nSPS) is 19.5. The molecule has 0 saturated carbocycles. The first-order chi connectivity index (χ1) is 9.67. The molecule has 8 heteroatoms. The van der Waals surface area contributed by atoms with Crippen molar-refractivity contribution < 1.29 is 23.1 Å². The highest BCUT2D eigenvalue weighted by Gasteiger charge is 2.29. The van der Waals surface area contributed by atoms with Gasteiger partial charge >= 0.3 is 6.18 Å². The molecule has 1 atom stereocenters. The quantitative estimate of drug-likeness (QED) is 0.771. The molecule has 0 bridgehead atoms. The minimum atomic E-state index is -4.32. The van der Waals surface area contributed by atoms with Gasteiger partial charge in [0.1, 0.15) is 0 Å². The number of β-amino-alcohol motifs (C(OH)–C–C–N with tert-alkyl or cyclic N) is 1. The molecule has 1 aliphatic heterocycles. The largest absolute Gasteiger partial charge is 0.390 e. The van der Waals surface area contributed by atoms with Gasteiger partial charge < -0.3 is 14.9 Å². The smallest absolute Gasteiger partial charge is 0.389 e. The second kappa shape index (κ2) is 7.95. The van der Waals surface area contributed by atoms with E-state index in [9.17, 15) is 23.1 Å². The van der Waals surface area contributed by atoms with Crippen molar-refractivity contribution in [2.75, 3.05) is 53.4 Å². The van der Waals surface area contributed by atoms with Gasteiger partial charge in [-0.25, -0.2) is 0 Å². The maximum absolute atomic E-state index is 12.1. The number of rotatable bonds is 6. The minimum absolute atomic E-state index is 0.0586. The van der Waals surface area contributed by atoms with Gasteiger partial charge in [-0.1, -0.05) is 0 Å². The summed E-state index contributed by atoms with van der Waals surface area (Å²) in [4.78, 5) is 17.0. The average Bonchev–Trinajstić information content (AvgIpc) is 2.37. The molecule has 0 radical (unpaired) electrons. The maximum Gasteiger partial charge on any atom is 0.389 e. The lowest BCUT2D eigenvalue weighted by Gasteiger charge is -2.34. The van der Waals surface area contributed by atoms with Crippen molar-refractivity contribution in [3.05, 3.63) is 0 Å². The summed E-state index contributed by atoms with van der Waals surface area (Å²) < 4.78 is 36.2. The van der Waals surface area contributed by atoms with Gasteiger partial charge in [0, 0.05) is 52.7 Å². The van der Waals surface area contributed by atoms with E-state index in [0.717, 1.165) is 26.2 Å². The highest BCUT2D eigenvalue weighted by molar-refractivity contribution is 5.75. The van der Waals surface area contributed by atoms with E-state index in [4.69, 9.17) is 0 Å². The van der Waals surface area contributed by atoms with Crippen LogP contribution in [0.5, 0.6) is 0 Å². The van der Waals surface area contributed by atoms with Crippen LogP contribution in [0, 0.1) is 0 Å². The molecule has 5 nitrogen and oxygen atoms in total. The zero-order valence-corrected chi connectivity index (χ0v) is 12.6. The summed E-state index contributed by atoms with van der Waals surface area (Å²) in [5, 5.41) is 9.94. The molecule has 0 spiro atoms. The van der Waals surface area contributed by atoms with Crippen LogP contribution in [0.25, 0.3) is 0 Å². The van der Waals surface area contributed by atoms with Crippen molar-refractivity contribution in [3.8, 4) is 0 Å². The van der Waals surface area contributed by atoms with E-state index in [0.29, 0.717) is 6.54 Å². The predicted octanol–water partition coefficient (Wildman–Crippen LogP) is 0.396. The van der Waals surface area contributed by atoms with Gasteiger partial charge in [-0.3, -0.25) is 9.69 Å². The van der Waals surface area contributed by atoms with E-state index in [1.165, 1.54) is 11.9 Å². The molecule has 1 heterocycles. The number of hydrogen-bond acceptors (Lipinski definition) is 4. The first kappa shape index (κ1) is 18.2. The number of amides is 1. The van der Waals surface area contributed by atoms with Crippen molar-refractivity contribution in [2.45, 2.75) is 25.1 Å². The number of likely N-dealkylation sites (N-methyl/N-ethyl adjacent to an activating group) is 2. The number of carbonyl (C=O) groups is 1. The summed E-state index contributed by atoms with van der Waals surface area (Å²) in [6, 6.07) is 0. The van der Waals surface area contributed by atoms with Crippen molar-refractivity contribution in [2.24, 2.45) is 0 Å². The third-order valence-electron chi connectivity index (χ3n) is 3.60. The molecule has 0 aromatic carbocycles. The van der Waals surface area contributed by atoms with Gasteiger partial charge in [0.05, 0.1) is 12.5 Å². The van der Waals surface area contributed by atoms with Crippen molar-refractivity contribution in [1.29, 1.82) is 0 Å². The molecule has 1 amide bonds. The number of piperazine rings is 1. The minimum Gasteiger partial charge on any atom is -0.390 e. The Kier molecular flexibility index (Phi) is 6.89. The van der Waals surface area contributed by atoms with Gasteiger partial charge in [-0.05, 0) is 7.05 Å². The zero-order valence-electron chi connectivity index (χ0n) is 12.6. The first-order valence-electron chi connectivity index (χ1n) is 7.07. The molecule has 1 saturated heterocycles. The van der Waals surface area contributed by atoms with Gasteiger partial charge in [0.2, 0.25) is 5.91 Å². The number of aliphatic hydroxyl groups is 1. The van der Waals surface area contributed by atoms with Crippen LogP contribution in [0.1, 0.15) is 12.8 Å². The monoisotopic (exact) mass is 311 g/mol. The summed E-state index contributed by atoms with van der Waals surface area (Å²) in [5.41, 5.74) is 0. The summed E-state index contributed by atoms with van der Waals surface area (Å²) in [5.74, 6) is -0.593. The second-order valence-electron chi connectivity index (χ2n) is 5.65. The summed E-state index contributed by atoms with van der Waals surface area (Å²) >= 11 is 0. The molecular formula is C13H24F3N3O2. The Bertz CT molecular complexity index is 331. The second-order valence-corrected chi connectivity index (χ2v) is 5.65. The molecule has 1 N–H and O–H groups in total. The third-order valence-corrected chi connectivity index (χ3v) is 3.60. The van der Waals surface area contributed by atoms with Crippen LogP contribution < -0.4 is 0 Å². The van der Waals surface area contributed by atoms with Crippen molar-refractivity contribution in [1.82, 2.24) is 14.7 Å². The van der Waals surface area contributed by atoms with Crippen molar-refractivity contribution >= 4 is 5.91 Å². The SMILES string of the molecule is CN1CCN(CC(O)CN(C)C(=O)CCC(F)(F)F)CC1. The lowest BCUT2D eigenvalue weighted by Crippen LogP contribution is -2.49. The van der Waals surface area contributed by atoms with Crippen LogP contribution >= 0.6 is 0 Å². The molecule has 0 aliphatic carbocycles. The Morgan fingerprint density at radius 3 is 2.38 bits per heavy atom. The van der Waals surface area contributed by atoms with Crippen LogP contribution in [0.4, 0.5) is 13.2 Å². The lowest BCUT2D eigenvalue weighted by molar-refractivity contribution is -0.149. The van der Waals surface area contributed by atoms with E-state index in [-0.39, 0.29) is 6.54 Å². The predicted molar refractivity (Wildman–Crippen MR) is 72.9 cm³/mol. The Morgan fingerprint density at radius 2 is 1.86 bits per heavy atom. The number of halogens is 3. The number of carbonyl (C=O) groups excluding carboxylic acids is 1. The molecule has 1 rings (SSSR count). The van der Waals surface area contributed by atoms with Crippen LogP contribution in [-0.2, 0) is 4.79 Å². The third kappa shape index (κ3) is 7.63. The molecule has 1 fully saturated rings. The van der Waals surface area contributed by atoms with Crippen LogP contribution in [0.15, 0.2) is 0 Å². The highest BCUT2D eigenvalue weighted by atomic mass is 19.4. The van der Waals surface area contributed by atoms with E-state index in [2.05, 4.69) is 9.80 Å². The number of aliphatic hydroxyl groups excluding tert-OH is 1. The molecule has 1 unspecified atom stereocenters. The highest BCUT2D eigenvalue weighted by Crippen LogP contribution is 2.21. The maximum atomic E-state index is 12.1. The van der Waals surface area contributed by atoms with Gasteiger partial charge in [-0.2, -0.15) is 13.2 Å². The fourth-order valence-corrected chi connectivity index (χ4v) is 2.24. The van der Waals surface area contributed by atoms with Crippen LogP contribution in [0.2, 0.25) is 0 Å². The number of alkyl halides is 3. The summed E-state index contributed by atoms with van der Waals surface area (Å²) in [7, 11) is 3.45. The average molecular weight is 311 g/mol. The molecule has 0 aromatic heterocycles. The standard InChI is InChI=1S/C13H24F3N3O2/c1-17-5-7-19(8-6-17)10-11(20)9-18(2)12(21)3-4-13(14,15)16/h11,20H,3-10H2,1-2H3. The van der Waals surface area contributed by atoms with Gasteiger partial charge in [0.25, 0.3) is 0 Å². The Hall–Kier alpha value is -0.860. The van der Waals surface area contributed by atoms with Gasteiger partial charge in [-0.15, -0.1) is 0 Å². The fraction of sp³-hybridized carbons (Fsp3) is 0.923. The lowest BCUT2D eigenvalue weighted by atomic mass is 10.2. The van der Waals surface area contributed by atoms with E-state index in [1.807, 2.05) is 7.05 Å². The Labute approximate surface area is 123 Å².